The zero-order valence-corrected chi connectivity index (χ0v) is 6.80. The molecule has 1 saturated carbocycles. The zero-order chi connectivity index (χ0) is 7.78. The van der Waals surface area contributed by atoms with Gasteiger partial charge in [0.2, 0.25) is 0 Å². The molecule has 2 nitrogen and oxygen atoms in total. The number of hydrogen-bond acceptors (Lipinski definition) is 2. The Morgan fingerprint density at radius 1 is 1.50 bits per heavy atom. The lowest BCUT2D eigenvalue weighted by Gasteiger charge is -2.38. The molecule has 0 heterocycles. The van der Waals surface area contributed by atoms with E-state index in [1.165, 1.54) is 0 Å². The Kier molecular flexibility index (Phi) is 2.02. The van der Waals surface area contributed by atoms with Crippen LogP contribution < -0.4 is 5.73 Å². The van der Waals surface area contributed by atoms with Crippen molar-refractivity contribution in [2.24, 2.45) is 11.7 Å². The van der Waals surface area contributed by atoms with Gasteiger partial charge in [-0.2, -0.15) is 0 Å². The Labute approximate surface area is 62.4 Å². The van der Waals surface area contributed by atoms with Crippen LogP contribution in [0.25, 0.3) is 0 Å². The van der Waals surface area contributed by atoms with Crippen molar-refractivity contribution in [2.45, 2.75) is 44.8 Å². The Balaban J connectivity index is 2.55. The van der Waals surface area contributed by atoms with Gasteiger partial charge < -0.3 is 10.8 Å². The lowest BCUT2D eigenvalue weighted by Crippen LogP contribution is -2.51. The van der Waals surface area contributed by atoms with Crippen LogP contribution in [0.15, 0.2) is 0 Å². The molecule has 1 aliphatic carbocycles. The van der Waals surface area contributed by atoms with Crippen LogP contribution in [0.4, 0.5) is 0 Å². The molecule has 1 fully saturated rings. The molecular formula is C8H17NO. The number of rotatable bonds is 0. The van der Waals surface area contributed by atoms with Gasteiger partial charge in [0, 0.05) is 5.54 Å². The fourth-order valence-electron chi connectivity index (χ4n) is 1.76. The third-order valence-corrected chi connectivity index (χ3v) is 2.48. The molecule has 0 unspecified atom stereocenters. The molecule has 0 saturated heterocycles. The summed E-state index contributed by atoms with van der Waals surface area (Å²) in [4.78, 5) is 0. The standard InChI is InChI=1S/C8H17NO/c1-6-3-4-7(10)8(2,9)5-6/h6-7,10H,3-5,9H2,1-2H3/t6-,7+,8+/m0/s1. The molecule has 3 N–H and O–H groups in total. The quantitative estimate of drug-likeness (QED) is 0.529. The molecule has 3 atom stereocenters. The molecule has 0 aromatic heterocycles. The molecule has 1 rings (SSSR count). The van der Waals surface area contributed by atoms with E-state index in [1.54, 1.807) is 0 Å². The minimum absolute atomic E-state index is 0.288. The van der Waals surface area contributed by atoms with Gasteiger partial charge in [0.1, 0.15) is 0 Å². The highest BCUT2D eigenvalue weighted by Gasteiger charge is 2.34. The minimum atomic E-state index is -0.336. The predicted octanol–water partition coefficient (Wildman–Crippen LogP) is 0.885. The lowest BCUT2D eigenvalue weighted by atomic mass is 9.76. The molecule has 0 spiro atoms. The van der Waals surface area contributed by atoms with Crippen LogP contribution in [0, 0.1) is 5.92 Å². The van der Waals surface area contributed by atoms with Crippen LogP contribution in [0.5, 0.6) is 0 Å². The second kappa shape index (κ2) is 2.51. The second-order valence-corrected chi connectivity index (χ2v) is 3.91. The maximum absolute atomic E-state index is 9.43. The Morgan fingerprint density at radius 3 is 2.50 bits per heavy atom. The summed E-state index contributed by atoms with van der Waals surface area (Å²) in [5, 5.41) is 9.43. The molecule has 0 aromatic carbocycles. The summed E-state index contributed by atoms with van der Waals surface area (Å²) in [7, 11) is 0. The smallest absolute Gasteiger partial charge is 0.0717 e. The molecule has 2 heteroatoms. The molecule has 0 radical (unpaired) electrons. The van der Waals surface area contributed by atoms with Crippen LogP contribution in [-0.2, 0) is 0 Å². The third kappa shape index (κ3) is 1.50. The molecule has 60 valence electrons. The SMILES string of the molecule is C[C@H]1CC[C@@H](O)[C@](C)(N)C1. The van der Waals surface area contributed by atoms with E-state index in [9.17, 15) is 5.11 Å². The molecule has 0 bridgehead atoms. The minimum Gasteiger partial charge on any atom is -0.391 e. The van der Waals surface area contributed by atoms with Crippen molar-refractivity contribution in [1.82, 2.24) is 0 Å². The van der Waals surface area contributed by atoms with Crippen molar-refractivity contribution < 1.29 is 5.11 Å². The van der Waals surface area contributed by atoms with Crippen molar-refractivity contribution in [3.8, 4) is 0 Å². The van der Waals surface area contributed by atoms with E-state index >= 15 is 0 Å². The van der Waals surface area contributed by atoms with Gasteiger partial charge in [0.25, 0.3) is 0 Å². The maximum Gasteiger partial charge on any atom is 0.0717 e. The zero-order valence-electron chi connectivity index (χ0n) is 6.80. The summed E-state index contributed by atoms with van der Waals surface area (Å²) in [5.41, 5.74) is 5.53. The van der Waals surface area contributed by atoms with Gasteiger partial charge in [-0.3, -0.25) is 0 Å². The van der Waals surface area contributed by atoms with Crippen LogP contribution in [0.3, 0.4) is 0 Å². The molecule has 1 aliphatic rings. The predicted molar refractivity (Wildman–Crippen MR) is 41.6 cm³/mol. The monoisotopic (exact) mass is 143 g/mol. The summed E-state index contributed by atoms with van der Waals surface area (Å²) in [5.74, 6) is 0.679. The lowest BCUT2D eigenvalue weighted by molar-refractivity contribution is 0.0394. The molecule has 10 heavy (non-hydrogen) atoms. The van der Waals surface area contributed by atoms with Gasteiger partial charge in [0.05, 0.1) is 6.10 Å². The first-order chi connectivity index (χ1) is 4.52. The molecule has 0 amide bonds. The van der Waals surface area contributed by atoms with E-state index in [4.69, 9.17) is 5.73 Å². The van der Waals surface area contributed by atoms with E-state index in [2.05, 4.69) is 6.92 Å². The van der Waals surface area contributed by atoms with Crippen molar-refractivity contribution in [3.05, 3.63) is 0 Å². The topological polar surface area (TPSA) is 46.2 Å². The van der Waals surface area contributed by atoms with E-state index in [0.717, 1.165) is 19.3 Å². The van der Waals surface area contributed by atoms with Crippen LogP contribution in [0.1, 0.15) is 33.1 Å². The van der Waals surface area contributed by atoms with Gasteiger partial charge in [-0.25, -0.2) is 0 Å². The van der Waals surface area contributed by atoms with Crippen molar-refractivity contribution >= 4 is 0 Å². The van der Waals surface area contributed by atoms with Gasteiger partial charge in [0.15, 0.2) is 0 Å². The molecule has 0 aromatic rings. The number of nitrogens with two attached hydrogens (primary N) is 1. The average Bonchev–Trinajstić information content (AvgIpc) is 1.78. The highest BCUT2D eigenvalue weighted by atomic mass is 16.3. The summed E-state index contributed by atoms with van der Waals surface area (Å²) < 4.78 is 0. The maximum atomic E-state index is 9.43. The Hall–Kier alpha value is -0.0800. The molecule has 0 aliphatic heterocycles. The van der Waals surface area contributed by atoms with E-state index < -0.39 is 0 Å². The highest BCUT2D eigenvalue weighted by molar-refractivity contribution is 4.92. The van der Waals surface area contributed by atoms with Crippen molar-refractivity contribution in [1.29, 1.82) is 0 Å². The van der Waals surface area contributed by atoms with Gasteiger partial charge in [-0.1, -0.05) is 6.92 Å². The van der Waals surface area contributed by atoms with Gasteiger partial charge in [-0.15, -0.1) is 0 Å². The highest BCUT2D eigenvalue weighted by Crippen LogP contribution is 2.29. The summed E-state index contributed by atoms with van der Waals surface area (Å²) >= 11 is 0. The van der Waals surface area contributed by atoms with Crippen LogP contribution >= 0.6 is 0 Å². The second-order valence-electron chi connectivity index (χ2n) is 3.91. The number of aliphatic hydroxyl groups excluding tert-OH is 1. The average molecular weight is 143 g/mol. The first kappa shape index (κ1) is 8.02. The largest absolute Gasteiger partial charge is 0.391 e. The van der Waals surface area contributed by atoms with Crippen LogP contribution in [-0.4, -0.2) is 16.7 Å². The summed E-state index contributed by atoms with van der Waals surface area (Å²) in [6.45, 7) is 4.13. The number of aliphatic hydroxyl groups is 1. The third-order valence-electron chi connectivity index (χ3n) is 2.48. The van der Waals surface area contributed by atoms with Crippen LogP contribution in [0.2, 0.25) is 0 Å². The first-order valence-corrected chi connectivity index (χ1v) is 3.99. The summed E-state index contributed by atoms with van der Waals surface area (Å²) in [6.07, 6.45) is 2.65. The van der Waals surface area contributed by atoms with E-state index in [1.807, 2.05) is 6.92 Å². The Morgan fingerprint density at radius 2 is 2.10 bits per heavy atom. The Bertz CT molecular complexity index is 122. The van der Waals surface area contributed by atoms with Gasteiger partial charge in [-0.05, 0) is 32.1 Å². The van der Waals surface area contributed by atoms with Crippen molar-refractivity contribution in [3.63, 3.8) is 0 Å². The first-order valence-electron chi connectivity index (χ1n) is 3.99. The fraction of sp³-hybridized carbons (Fsp3) is 1.00. The number of hydrogen-bond donors (Lipinski definition) is 2. The normalized spacial score (nSPS) is 49.2. The molecular weight excluding hydrogens is 126 g/mol. The summed E-state index contributed by atoms with van der Waals surface area (Å²) in [6, 6.07) is 0. The van der Waals surface area contributed by atoms with Crippen molar-refractivity contribution in [2.75, 3.05) is 0 Å². The van der Waals surface area contributed by atoms with E-state index in [-0.39, 0.29) is 11.6 Å². The fourth-order valence-corrected chi connectivity index (χ4v) is 1.76. The van der Waals surface area contributed by atoms with Gasteiger partial charge >= 0.3 is 0 Å². The van der Waals surface area contributed by atoms with E-state index in [0.29, 0.717) is 5.92 Å².